The summed E-state index contributed by atoms with van der Waals surface area (Å²) < 4.78 is 0.883. The van der Waals surface area contributed by atoms with Gasteiger partial charge in [-0.25, -0.2) is 9.97 Å². The maximum atomic E-state index is 6.16. The molecule has 1 aliphatic carbocycles. The molecule has 0 saturated heterocycles. The summed E-state index contributed by atoms with van der Waals surface area (Å²) in [5, 5.41) is 3.95. The SMILES string of the molecule is CCNc1cc(C2CC2)nc(-c2ccc(Br)c(Cl)c2)n1. The third-order valence-corrected chi connectivity index (χ3v) is 4.51. The smallest absolute Gasteiger partial charge is 0.161 e. The van der Waals surface area contributed by atoms with Crippen molar-refractivity contribution in [2.24, 2.45) is 0 Å². The second-order valence-corrected chi connectivity index (χ2v) is 6.20. The molecule has 0 amide bonds. The normalized spacial score (nSPS) is 14.3. The molecule has 104 valence electrons. The minimum absolute atomic E-state index is 0.597. The van der Waals surface area contributed by atoms with Gasteiger partial charge in [0.25, 0.3) is 0 Å². The molecule has 3 rings (SSSR count). The van der Waals surface area contributed by atoms with Crippen molar-refractivity contribution in [2.75, 3.05) is 11.9 Å². The van der Waals surface area contributed by atoms with Gasteiger partial charge in [0.1, 0.15) is 5.82 Å². The van der Waals surface area contributed by atoms with E-state index in [4.69, 9.17) is 16.6 Å². The molecule has 1 saturated carbocycles. The Kier molecular flexibility index (Phi) is 3.94. The number of hydrogen-bond donors (Lipinski definition) is 1. The second kappa shape index (κ2) is 5.70. The molecule has 2 aromatic rings. The van der Waals surface area contributed by atoms with Gasteiger partial charge >= 0.3 is 0 Å². The standard InChI is InChI=1S/C15H15BrClN3/c1-2-18-14-8-13(9-3-4-9)19-15(20-14)10-5-6-11(16)12(17)7-10/h5-9H,2-4H2,1H3,(H,18,19,20). The van der Waals surface area contributed by atoms with Gasteiger partial charge in [-0.15, -0.1) is 0 Å². The Hall–Kier alpha value is -1.13. The van der Waals surface area contributed by atoms with Crippen molar-refractivity contribution >= 4 is 33.3 Å². The molecular formula is C15H15BrClN3. The largest absolute Gasteiger partial charge is 0.370 e. The van der Waals surface area contributed by atoms with Crippen molar-refractivity contribution < 1.29 is 0 Å². The molecule has 5 heteroatoms. The van der Waals surface area contributed by atoms with E-state index in [1.807, 2.05) is 18.2 Å². The van der Waals surface area contributed by atoms with Crippen LogP contribution in [0.3, 0.4) is 0 Å². The van der Waals surface area contributed by atoms with Crippen LogP contribution in [0, 0.1) is 0 Å². The summed E-state index contributed by atoms with van der Waals surface area (Å²) >= 11 is 9.57. The molecule has 0 atom stereocenters. The average molecular weight is 353 g/mol. The second-order valence-electron chi connectivity index (χ2n) is 4.94. The molecule has 1 heterocycles. The van der Waals surface area contributed by atoms with Crippen molar-refractivity contribution in [2.45, 2.75) is 25.7 Å². The van der Waals surface area contributed by atoms with Crippen LogP contribution in [-0.4, -0.2) is 16.5 Å². The predicted molar refractivity (Wildman–Crippen MR) is 86.3 cm³/mol. The number of benzene rings is 1. The van der Waals surface area contributed by atoms with Gasteiger partial charge in [-0.2, -0.15) is 0 Å². The average Bonchev–Trinajstić information content (AvgIpc) is 3.26. The zero-order valence-corrected chi connectivity index (χ0v) is 13.5. The number of halogens is 2. The van der Waals surface area contributed by atoms with Gasteiger partial charge in [0, 0.05) is 34.3 Å². The number of anilines is 1. The molecule has 1 fully saturated rings. The van der Waals surface area contributed by atoms with Crippen LogP contribution >= 0.6 is 27.5 Å². The van der Waals surface area contributed by atoms with E-state index in [9.17, 15) is 0 Å². The van der Waals surface area contributed by atoms with Crippen LogP contribution < -0.4 is 5.32 Å². The summed E-state index contributed by atoms with van der Waals surface area (Å²) in [6, 6.07) is 7.87. The molecule has 0 spiro atoms. The zero-order chi connectivity index (χ0) is 14.1. The van der Waals surface area contributed by atoms with Crippen LogP contribution in [-0.2, 0) is 0 Å². The van der Waals surface area contributed by atoms with Crippen molar-refractivity contribution in [1.82, 2.24) is 9.97 Å². The maximum absolute atomic E-state index is 6.16. The van der Waals surface area contributed by atoms with Gasteiger partial charge in [0.15, 0.2) is 5.82 Å². The lowest BCUT2D eigenvalue weighted by Gasteiger charge is -2.09. The Balaban J connectivity index is 2.04. The highest BCUT2D eigenvalue weighted by Gasteiger charge is 2.26. The third kappa shape index (κ3) is 2.96. The van der Waals surface area contributed by atoms with E-state index in [2.05, 4.69) is 39.2 Å². The van der Waals surface area contributed by atoms with Crippen molar-refractivity contribution in [3.8, 4) is 11.4 Å². The van der Waals surface area contributed by atoms with Crippen LogP contribution in [0.4, 0.5) is 5.82 Å². The lowest BCUT2D eigenvalue weighted by atomic mass is 10.2. The van der Waals surface area contributed by atoms with Gasteiger partial charge < -0.3 is 5.32 Å². The Morgan fingerprint density at radius 3 is 2.75 bits per heavy atom. The van der Waals surface area contributed by atoms with Crippen LogP contribution in [0.1, 0.15) is 31.4 Å². The fraction of sp³-hybridized carbons (Fsp3) is 0.333. The fourth-order valence-corrected chi connectivity index (χ4v) is 2.52. The van der Waals surface area contributed by atoms with E-state index in [-0.39, 0.29) is 0 Å². The van der Waals surface area contributed by atoms with Gasteiger partial charge in [-0.05, 0) is 53.9 Å². The van der Waals surface area contributed by atoms with Gasteiger partial charge in [0.05, 0.1) is 5.02 Å². The lowest BCUT2D eigenvalue weighted by Crippen LogP contribution is -2.03. The Morgan fingerprint density at radius 1 is 1.30 bits per heavy atom. The lowest BCUT2D eigenvalue weighted by molar-refractivity contribution is 0.988. The first-order valence-electron chi connectivity index (χ1n) is 6.75. The van der Waals surface area contributed by atoms with E-state index in [0.29, 0.717) is 10.9 Å². The van der Waals surface area contributed by atoms with E-state index in [1.165, 1.54) is 12.8 Å². The first-order valence-corrected chi connectivity index (χ1v) is 7.92. The molecule has 1 aliphatic rings. The minimum atomic E-state index is 0.597. The third-order valence-electron chi connectivity index (χ3n) is 3.28. The molecule has 3 nitrogen and oxygen atoms in total. The summed E-state index contributed by atoms with van der Waals surface area (Å²) in [4.78, 5) is 9.27. The van der Waals surface area contributed by atoms with Crippen molar-refractivity contribution in [1.29, 1.82) is 0 Å². The predicted octanol–water partition coefficient (Wildman–Crippen LogP) is 4.87. The Labute approximate surface area is 131 Å². The number of nitrogens with one attached hydrogen (secondary N) is 1. The van der Waals surface area contributed by atoms with Crippen molar-refractivity contribution in [3.05, 3.63) is 39.5 Å². The first-order chi connectivity index (χ1) is 9.67. The van der Waals surface area contributed by atoms with Crippen LogP contribution in [0.2, 0.25) is 5.02 Å². The van der Waals surface area contributed by atoms with E-state index < -0.39 is 0 Å². The molecule has 0 unspecified atom stereocenters. The molecule has 1 aromatic heterocycles. The molecule has 1 N–H and O–H groups in total. The summed E-state index contributed by atoms with van der Waals surface area (Å²) in [7, 11) is 0. The first kappa shape index (κ1) is 13.8. The van der Waals surface area contributed by atoms with Gasteiger partial charge in [-0.3, -0.25) is 0 Å². The fourth-order valence-electron chi connectivity index (χ4n) is 2.09. The van der Waals surface area contributed by atoms with E-state index in [1.54, 1.807) is 0 Å². The molecule has 20 heavy (non-hydrogen) atoms. The summed E-state index contributed by atoms with van der Waals surface area (Å²) in [6.45, 7) is 2.91. The maximum Gasteiger partial charge on any atom is 0.161 e. The van der Waals surface area contributed by atoms with E-state index in [0.717, 1.165) is 33.9 Å². The molecule has 0 bridgehead atoms. The summed E-state index contributed by atoms with van der Waals surface area (Å²) in [5.41, 5.74) is 2.07. The topological polar surface area (TPSA) is 37.8 Å². The number of nitrogens with zero attached hydrogens (tertiary/aromatic N) is 2. The van der Waals surface area contributed by atoms with Crippen LogP contribution in [0.25, 0.3) is 11.4 Å². The Bertz CT molecular complexity index is 641. The minimum Gasteiger partial charge on any atom is -0.370 e. The number of rotatable bonds is 4. The van der Waals surface area contributed by atoms with Gasteiger partial charge in [-0.1, -0.05) is 11.6 Å². The highest BCUT2D eigenvalue weighted by Crippen LogP contribution is 2.40. The highest BCUT2D eigenvalue weighted by atomic mass is 79.9. The monoisotopic (exact) mass is 351 g/mol. The van der Waals surface area contributed by atoms with Crippen LogP contribution in [0.15, 0.2) is 28.7 Å². The Morgan fingerprint density at radius 2 is 2.10 bits per heavy atom. The van der Waals surface area contributed by atoms with Crippen molar-refractivity contribution in [3.63, 3.8) is 0 Å². The summed E-state index contributed by atoms with van der Waals surface area (Å²) in [6.07, 6.45) is 2.45. The molecule has 1 aromatic carbocycles. The zero-order valence-electron chi connectivity index (χ0n) is 11.2. The summed E-state index contributed by atoms with van der Waals surface area (Å²) in [5.74, 6) is 2.22. The van der Waals surface area contributed by atoms with Gasteiger partial charge in [0.2, 0.25) is 0 Å². The van der Waals surface area contributed by atoms with E-state index >= 15 is 0 Å². The number of hydrogen-bond acceptors (Lipinski definition) is 3. The molecule has 0 aliphatic heterocycles. The van der Waals surface area contributed by atoms with Crippen LogP contribution in [0.5, 0.6) is 0 Å². The molecule has 0 radical (unpaired) electrons. The molecular weight excluding hydrogens is 338 g/mol. The number of aromatic nitrogens is 2. The highest BCUT2D eigenvalue weighted by molar-refractivity contribution is 9.10. The quantitative estimate of drug-likeness (QED) is 0.853.